The van der Waals surface area contributed by atoms with E-state index in [0.717, 1.165) is 32.2 Å². The molecule has 0 aliphatic heterocycles. The van der Waals surface area contributed by atoms with E-state index in [0.29, 0.717) is 5.89 Å². The fraction of sp³-hybridized carbons (Fsp3) is 0.778. The summed E-state index contributed by atoms with van der Waals surface area (Å²) >= 11 is 0. The number of aromatic nitrogens is 2. The largest absolute Gasteiger partial charge is 0.392 e. The van der Waals surface area contributed by atoms with Crippen LogP contribution < -0.4 is 5.32 Å². The summed E-state index contributed by atoms with van der Waals surface area (Å²) in [5, 5.41) is 16.3. The normalized spacial score (nSPS) is 26.9. The van der Waals surface area contributed by atoms with Gasteiger partial charge in [-0.3, -0.25) is 0 Å². The minimum absolute atomic E-state index is 0.183. The number of nitrogens with zero attached hydrogens (tertiary/aromatic N) is 2. The fourth-order valence-corrected chi connectivity index (χ4v) is 1.85. The topological polar surface area (TPSA) is 71.2 Å². The molecular formula is C9H15N3O2. The first-order valence-corrected chi connectivity index (χ1v) is 5.03. The van der Waals surface area contributed by atoms with Gasteiger partial charge in [-0.25, -0.2) is 0 Å². The molecule has 1 aromatic heterocycles. The molecule has 2 atom stereocenters. The van der Waals surface area contributed by atoms with E-state index < -0.39 is 0 Å². The molecule has 1 aromatic rings. The van der Waals surface area contributed by atoms with Crippen molar-refractivity contribution in [3.63, 3.8) is 0 Å². The van der Waals surface area contributed by atoms with Crippen molar-refractivity contribution in [1.29, 1.82) is 0 Å². The summed E-state index contributed by atoms with van der Waals surface area (Å²) in [5.74, 6) is 0.644. The molecule has 1 aliphatic carbocycles. The van der Waals surface area contributed by atoms with Gasteiger partial charge in [-0.05, 0) is 19.3 Å². The van der Waals surface area contributed by atoms with E-state index in [9.17, 15) is 5.11 Å². The van der Waals surface area contributed by atoms with E-state index in [1.807, 2.05) is 0 Å². The van der Waals surface area contributed by atoms with E-state index in [4.69, 9.17) is 4.52 Å². The lowest BCUT2D eigenvalue weighted by molar-refractivity contribution is 0.149. The average Bonchev–Trinajstić information content (AvgIpc) is 2.78. The first kappa shape index (κ1) is 9.61. The Morgan fingerprint density at radius 3 is 3.14 bits per heavy atom. The highest BCUT2D eigenvalue weighted by Gasteiger charge is 2.24. The molecule has 1 saturated carbocycles. The van der Waals surface area contributed by atoms with Crippen molar-refractivity contribution in [2.45, 2.75) is 37.8 Å². The molecule has 78 valence electrons. The molecule has 0 spiro atoms. The standard InChI is InChI=1S/C9H15N3O2/c13-8-3-1-2-7(8)10-5-4-9-11-6-12-14-9/h6-8,10,13H,1-5H2. The summed E-state index contributed by atoms with van der Waals surface area (Å²) in [4.78, 5) is 3.92. The first-order valence-electron chi connectivity index (χ1n) is 5.03. The van der Waals surface area contributed by atoms with Gasteiger partial charge in [-0.2, -0.15) is 4.98 Å². The van der Waals surface area contributed by atoms with Gasteiger partial charge in [0.2, 0.25) is 5.89 Å². The third-order valence-corrected chi connectivity index (χ3v) is 2.63. The summed E-state index contributed by atoms with van der Waals surface area (Å²) in [6, 6.07) is 0.248. The van der Waals surface area contributed by atoms with Crippen LogP contribution in [-0.4, -0.2) is 33.9 Å². The molecule has 14 heavy (non-hydrogen) atoms. The molecule has 0 bridgehead atoms. The highest BCUT2D eigenvalue weighted by molar-refractivity contribution is 4.84. The molecule has 1 aliphatic rings. The summed E-state index contributed by atoms with van der Waals surface area (Å²) in [7, 11) is 0. The lowest BCUT2D eigenvalue weighted by atomic mass is 10.2. The highest BCUT2D eigenvalue weighted by atomic mass is 16.5. The minimum atomic E-state index is -0.183. The molecule has 0 amide bonds. The van der Waals surface area contributed by atoms with Crippen molar-refractivity contribution in [1.82, 2.24) is 15.5 Å². The van der Waals surface area contributed by atoms with Crippen LogP contribution in [0.25, 0.3) is 0 Å². The Labute approximate surface area is 82.5 Å². The Balaban J connectivity index is 1.68. The van der Waals surface area contributed by atoms with Crippen LogP contribution in [0.1, 0.15) is 25.2 Å². The van der Waals surface area contributed by atoms with E-state index in [2.05, 4.69) is 15.5 Å². The molecule has 0 saturated heterocycles. The summed E-state index contributed by atoms with van der Waals surface area (Å²) in [5.41, 5.74) is 0. The molecular weight excluding hydrogens is 182 g/mol. The van der Waals surface area contributed by atoms with Gasteiger partial charge in [0.15, 0.2) is 6.33 Å². The van der Waals surface area contributed by atoms with Crippen molar-refractivity contribution in [2.75, 3.05) is 6.54 Å². The monoisotopic (exact) mass is 197 g/mol. The van der Waals surface area contributed by atoms with Gasteiger partial charge in [-0.1, -0.05) is 5.16 Å². The molecule has 0 aromatic carbocycles. The van der Waals surface area contributed by atoms with Gasteiger partial charge in [0.1, 0.15) is 0 Å². The van der Waals surface area contributed by atoms with E-state index >= 15 is 0 Å². The van der Waals surface area contributed by atoms with Crippen molar-refractivity contribution in [3.8, 4) is 0 Å². The lowest BCUT2D eigenvalue weighted by Gasteiger charge is -2.15. The van der Waals surface area contributed by atoms with Crippen molar-refractivity contribution in [2.24, 2.45) is 0 Å². The molecule has 1 heterocycles. The summed E-state index contributed by atoms with van der Waals surface area (Å²) in [6.07, 6.45) is 5.03. The average molecular weight is 197 g/mol. The van der Waals surface area contributed by atoms with Gasteiger partial charge in [0, 0.05) is 19.0 Å². The Morgan fingerprint density at radius 1 is 1.57 bits per heavy atom. The summed E-state index contributed by atoms with van der Waals surface area (Å²) < 4.78 is 4.86. The van der Waals surface area contributed by atoms with Gasteiger partial charge < -0.3 is 14.9 Å². The Morgan fingerprint density at radius 2 is 2.50 bits per heavy atom. The zero-order chi connectivity index (χ0) is 9.80. The van der Waals surface area contributed by atoms with Crippen LogP contribution >= 0.6 is 0 Å². The molecule has 5 heteroatoms. The van der Waals surface area contributed by atoms with E-state index in [-0.39, 0.29) is 12.1 Å². The number of aliphatic hydroxyl groups excluding tert-OH is 1. The summed E-state index contributed by atoms with van der Waals surface area (Å²) in [6.45, 7) is 0.782. The number of aliphatic hydroxyl groups is 1. The van der Waals surface area contributed by atoms with Gasteiger partial charge in [0.05, 0.1) is 6.10 Å². The maximum absolute atomic E-state index is 9.53. The lowest BCUT2D eigenvalue weighted by Crippen LogP contribution is -2.36. The maximum atomic E-state index is 9.53. The number of rotatable bonds is 4. The second-order valence-corrected chi connectivity index (χ2v) is 3.64. The zero-order valence-electron chi connectivity index (χ0n) is 8.02. The number of nitrogens with one attached hydrogen (secondary N) is 1. The van der Waals surface area contributed by atoms with Crippen LogP contribution in [0.2, 0.25) is 0 Å². The molecule has 1 fully saturated rings. The van der Waals surface area contributed by atoms with Crippen molar-refractivity contribution < 1.29 is 9.63 Å². The molecule has 2 N–H and O–H groups in total. The van der Waals surface area contributed by atoms with Crippen LogP contribution in [0.5, 0.6) is 0 Å². The Bertz CT molecular complexity index is 263. The molecule has 2 unspecified atom stereocenters. The second-order valence-electron chi connectivity index (χ2n) is 3.64. The van der Waals surface area contributed by atoms with Gasteiger partial charge in [0.25, 0.3) is 0 Å². The maximum Gasteiger partial charge on any atom is 0.227 e. The first-order chi connectivity index (χ1) is 6.86. The molecule has 2 rings (SSSR count). The Hall–Kier alpha value is -0.940. The predicted octanol–water partition coefficient (Wildman–Crippen LogP) is 0.115. The number of hydrogen-bond acceptors (Lipinski definition) is 5. The highest BCUT2D eigenvalue weighted by Crippen LogP contribution is 2.18. The van der Waals surface area contributed by atoms with E-state index in [1.165, 1.54) is 6.33 Å². The fourth-order valence-electron chi connectivity index (χ4n) is 1.85. The minimum Gasteiger partial charge on any atom is -0.392 e. The predicted molar refractivity (Wildman–Crippen MR) is 49.7 cm³/mol. The second kappa shape index (κ2) is 4.52. The third-order valence-electron chi connectivity index (χ3n) is 2.63. The smallest absolute Gasteiger partial charge is 0.227 e. The van der Waals surface area contributed by atoms with Crippen LogP contribution in [0.4, 0.5) is 0 Å². The SMILES string of the molecule is OC1CCCC1NCCc1ncno1. The molecule has 0 radical (unpaired) electrons. The Kier molecular flexibility index (Phi) is 3.10. The molecule has 5 nitrogen and oxygen atoms in total. The zero-order valence-corrected chi connectivity index (χ0v) is 8.02. The van der Waals surface area contributed by atoms with Gasteiger partial charge in [-0.15, -0.1) is 0 Å². The van der Waals surface area contributed by atoms with Gasteiger partial charge >= 0.3 is 0 Å². The van der Waals surface area contributed by atoms with Crippen molar-refractivity contribution in [3.05, 3.63) is 12.2 Å². The number of hydrogen-bond donors (Lipinski definition) is 2. The third kappa shape index (κ3) is 2.30. The quantitative estimate of drug-likeness (QED) is 0.717. The van der Waals surface area contributed by atoms with Crippen LogP contribution in [0, 0.1) is 0 Å². The van der Waals surface area contributed by atoms with E-state index in [1.54, 1.807) is 0 Å². The van der Waals surface area contributed by atoms with Crippen LogP contribution in [-0.2, 0) is 6.42 Å². The van der Waals surface area contributed by atoms with Crippen LogP contribution in [0.3, 0.4) is 0 Å². The van der Waals surface area contributed by atoms with Crippen LogP contribution in [0.15, 0.2) is 10.9 Å². The van der Waals surface area contributed by atoms with Crippen molar-refractivity contribution >= 4 is 0 Å².